The van der Waals surface area contributed by atoms with E-state index in [-0.39, 0.29) is 30.8 Å². The molecule has 0 aliphatic carbocycles. The average Bonchev–Trinajstić information content (AvgIpc) is 2.81. The normalized spacial score (nSPS) is 10.9. The average molecular weight is 287 g/mol. The van der Waals surface area contributed by atoms with Gasteiger partial charge in [-0.15, -0.1) is 0 Å². The van der Waals surface area contributed by atoms with Crippen LogP contribution in [-0.2, 0) is 16.0 Å². The van der Waals surface area contributed by atoms with Crippen molar-refractivity contribution in [1.82, 2.24) is 15.2 Å². The number of H-pyrrole nitrogens is 1. The molecule has 0 aliphatic heterocycles. The zero-order valence-corrected chi connectivity index (χ0v) is 12.6. The number of carbonyl (C=O) groups is 2. The van der Waals surface area contributed by atoms with Gasteiger partial charge in [-0.05, 0) is 25.5 Å². The van der Waals surface area contributed by atoms with Crippen molar-refractivity contribution in [3.05, 3.63) is 36.0 Å². The molecule has 0 fully saturated rings. The first-order chi connectivity index (χ1) is 9.97. The minimum absolute atomic E-state index is 0.0707. The van der Waals surface area contributed by atoms with Crippen LogP contribution in [0, 0.1) is 0 Å². The maximum atomic E-state index is 12.2. The van der Waals surface area contributed by atoms with E-state index in [0.29, 0.717) is 0 Å². The Bertz CT molecular complexity index is 646. The van der Waals surface area contributed by atoms with Crippen LogP contribution in [0.3, 0.4) is 0 Å². The fourth-order valence-corrected chi connectivity index (χ4v) is 2.25. The van der Waals surface area contributed by atoms with Crippen LogP contribution < -0.4 is 5.32 Å². The summed E-state index contributed by atoms with van der Waals surface area (Å²) in [6.45, 7) is 3.87. The van der Waals surface area contributed by atoms with E-state index in [9.17, 15) is 9.59 Å². The quantitative estimate of drug-likeness (QED) is 0.879. The zero-order chi connectivity index (χ0) is 15.4. The number of nitrogens with zero attached hydrogens (tertiary/aromatic N) is 1. The van der Waals surface area contributed by atoms with E-state index in [1.165, 1.54) is 4.90 Å². The molecule has 1 heterocycles. The molecule has 1 aromatic carbocycles. The van der Waals surface area contributed by atoms with Crippen molar-refractivity contribution in [2.45, 2.75) is 26.3 Å². The van der Waals surface area contributed by atoms with Gasteiger partial charge in [-0.2, -0.15) is 0 Å². The fourth-order valence-electron chi connectivity index (χ4n) is 2.25. The molecule has 2 aromatic rings. The number of likely N-dealkylation sites (N-methyl/N-ethyl adjacent to an activating group) is 1. The molecule has 5 heteroatoms. The van der Waals surface area contributed by atoms with Gasteiger partial charge in [0.05, 0.1) is 13.0 Å². The smallest absolute Gasteiger partial charge is 0.239 e. The summed E-state index contributed by atoms with van der Waals surface area (Å²) in [5, 5.41) is 3.83. The van der Waals surface area contributed by atoms with Crippen molar-refractivity contribution >= 4 is 22.7 Å². The summed E-state index contributed by atoms with van der Waals surface area (Å²) in [4.78, 5) is 28.5. The third-order valence-electron chi connectivity index (χ3n) is 3.27. The van der Waals surface area contributed by atoms with Gasteiger partial charge in [-0.3, -0.25) is 9.59 Å². The van der Waals surface area contributed by atoms with Gasteiger partial charge in [0.1, 0.15) is 0 Å². The molecular weight excluding hydrogens is 266 g/mol. The lowest BCUT2D eigenvalue weighted by molar-refractivity contribution is -0.134. The molecule has 2 amide bonds. The second-order valence-corrected chi connectivity index (χ2v) is 5.51. The lowest BCUT2D eigenvalue weighted by atomic mass is 10.1. The number of hydrogen-bond donors (Lipinski definition) is 2. The van der Waals surface area contributed by atoms with Gasteiger partial charge in [0.2, 0.25) is 11.8 Å². The highest BCUT2D eigenvalue weighted by molar-refractivity contribution is 5.90. The van der Waals surface area contributed by atoms with Crippen LogP contribution in [0.25, 0.3) is 10.9 Å². The van der Waals surface area contributed by atoms with Crippen molar-refractivity contribution in [3.8, 4) is 0 Å². The van der Waals surface area contributed by atoms with E-state index in [2.05, 4.69) is 10.3 Å². The molecule has 0 saturated carbocycles. The molecule has 0 spiro atoms. The predicted molar refractivity (Wildman–Crippen MR) is 82.9 cm³/mol. The number of aromatic amines is 1. The van der Waals surface area contributed by atoms with Crippen molar-refractivity contribution in [3.63, 3.8) is 0 Å². The third kappa shape index (κ3) is 3.84. The largest absolute Gasteiger partial charge is 0.361 e. The Kier molecular flexibility index (Phi) is 4.62. The number of para-hydroxylation sites is 1. The van der Waals surface area contributed by atoms with Crippen LogP contribution >= 0.6 is 0 Å². The zero-order valence-electron chi connectivity index (χ0n) is 12.6. The SMILES string of the molecule is CC(C)NC(=O)CN(C)C(=O)Cc1c[nH]c2ccccc12. The van der Waals surface area contributed by atoms with Crippen LogP contribution in [-0.4, -0.2) is 41.3 Å². The monoisotopic (exact) mass is 287 g/mol. The lowest BCUT2D eigenvalue weighted by Crippen LogP contribution is -2.41. The summed E-state index contributed by atoms with van der Waals surface area (Å²) in [7, 11) is 1.65. The number of fused-ring (bicyclic) bond motifs is 1. The van der Waals surface area contributed by atoms with Gasteiger partial charge < -0.3 is 15.2 Å². The summed E-state index contributed by atoms with van der Waals surface area (Å²) < 4.78 is 0. The number of hydrogen-bond acceptors (Lipinski definition) is 2. The van der Waals surface area contributed by atoms with E-state index in [1.54, 1.807) is 7.05 Å². The molecule has 5 nitrogen and oxygen atoms in total. The minimum atomic E-state index is -0.139. The molecule has 0 saturated heterocycles. The van der Waals surface area contributed by atoms with Crippen molar-refractivity contribution in [2.24, 2.45) is 0 Å². The molecular formula is C16H21N3O2. The number of nitrogens with one attached hydrogen (secondary N) is 2. The van der Waals surface area contributed by atoms with Crippen LogP contribution in [0.5, 0.6) is 0 Å². The first kappa shape index (κ1) is 15.1. The molecule has 112 valence electrons. The Morgan fingerprint density at radius 3 is 2.71 bits per heavy atom. The second-order valence-electron chi connectivity index (χ2n) is 5.51. The topological polar surface area (TPSA) is 65.2 Å². The van der Waals surface area contributed by atoms with E-state index in [4.69, 9.17) is 0 Å². The molecule has 0 atom stereocenters. The Labute approximate surface area is 124 Å². The molecule has 21 heavy (non-hydrogen) atoms. The highest BCUT2D eigenvalue weighted by Crippen LogP contribution is 2.18. The Morgan fingerprint density at radius 2 is 2.00 bits per heavy atom. The van der Waals surface area contributed by atoms with Gasteiger partial charge >= 0.3 is 0 Å². The van der Waals surface area contributed by atoms with Gasteiger partial charge in [0.15, 0.2) is 0 Å². The van der Waals surface area contributed by atoms with Crippen LogP contribution in [0.2, 0.25) is 0 Å². The van der Waals surface area contributed by atoms with Crippen molar-refractivity contribution < 1.29 is 9.59 Å². The highest BCUT2D eigenvalue weighted by Gasteiger charge is 2.15. The molecule has 0 unspecified atom stereocenters. The summed E-state index contributed by atoms with van der Waals surface area (Å²) in [5.41, 5.74) is 1.97. The van der Waals surface area contributed by atoms with Gasteiger partial charge in [-0.1, -0.05) is 18.2 Å². The molecule has 0 aliphatic rings. The minimum Gasteiger partial charge on any atom is -0.361 e. The molecule has 2 N–H and O–H groups in total. The Balaban J connectivity index is 1.99. The van der Waals surface area contributed by atoms with Crippen LogP contribution in [0.15, 0.2) is 30.5 Å². The predicted octanol–water partition coefficient (Wildman–Crippen LogP) is 1.69. The lowest BCUT2D eigenvalue weighted by Gasteiger charge is -2.17. The number of rotatable bonds is 5. The Morgan fingerprint density at radius 1 is 1.29 bits per heavy atom. The maximum Gasteiger partial charge on any atom is 0.239 e. The summed E-state index contributed by atoms with van der Waals surface area (Å²) >= 11 is 0. The number of carbonyl (C=O) groups excluding carboxylic acids is 2. The number of amides is 2. The number of benzene rings is 1. The Hall–Kier alpha value is -2.30. The van der Waals surface area contributed by atoms with E-state index < -0.39 is 0 Å². The van der Waals surface area contributed by atoms with Crippen molar-refractivity contribution in [1.29, 1.82) is 0 Å². The van der Waals surface area contributed by atoms with E-state index in [1.807, 2.05) is 44.3 Å². The fraction of sp³-hybridized carbons (Fsp3) is 0.375. The van der Waals surface area contributed by atoms with E-state index >= 15 is 0 Å². The summed E-state index contributed by atoms with van der Waals surface area (Å²) in [6, 6.07) is 7.94. The summed E-state index contributed by atoms with van der Waals surface area (Å²) in [5.74, 6) is -0.210. The molecule has 2 rings (SSSR count). The maximum absolute atomic E-state index is 12.2. The molecule has 0 bridgehead atoms. The van der Waals surface area contributed by atoms with Crippen molar-refractivity contribution in [2.75, 3.05) is 13.6 Å². The summed E-state index contributed by atoms with van der Waals surface area (Å²) in [6.07, 6.45) is 2.14. The number of aromatic nitrogens is 1. The molecule has 0 radical (unpaired) electrons. The first-order valence-corrected chi connectivity index (χ1v) is 7.05. The van der Waals surface area contributed by atoms with Gasteiger partial charge in [0, 0.05) is 30.2 Å². The first-order valence-electron chi connectivity index (χ1n) is 7.05. The van der Waals surface area contributed by atoms with Gasteiger partial charge in [-0.25, -0.2) is 0 Å². The van der Waals surface area contributed by atoms with Crippen LogP contribution in [0.1, 0.15) is 19.4 Å². The molecule has 1 aromatic heterocycles. The standard InChI is InChI=1S/C16H21N3O2/c1-11(2)18-15(20)10-19(3)16(21)8-12-9-17-14-7-5-4-6-13(12)14/h4-7,9,11,17H,8,10H2,1-3H3,(H,18,20). The highest BCUT2D eigenvalue weighted by atomic mass is 16.2. The second kappa shape index (κ2) is 6.43. The van der Waals surface area contributed by atoms with E-state index in [0.717, 1.165) is 16.5 Å². The van der Waals surface area contributed by atoms with Crippen LogP contribution in [0.4, 0.5) is 0 Å². The van der Waals surface area contributed by atoms with Gasteiger partial charge in [0.25, 0.3) is 0 Å². The third-order valence-corrected chi connectivity index (χ3v) is 3.27.